The van der Waals surface area contributed by atoms with E-state index in [1.54, 1.807) is 0 Å². The van der Waals surface area contributed by atoms with Crippen molar-refractivity contribution in [3.63, 3.8) is 0 Å². The van der Waals surface area contributed by atoms with E-state index < -0.39 is 122 Å². The van der Waals surface area contributed by atoms with E-state index in [-0.39, 0.29) is 0 Å². The fourth-order valence-corrected chi connectivity index (χ4v) is 4.84. The van der Waals surface area contributed by atoms with Gasteiger partial charge in [-0.3, -0.25) is 4.55 Å². The fourth-order valence-electron chi connectivity index (χ4n) is 4.33. The molecule has 0 radical (unpaired) electrons. The van der Waals surface area contributed by atoms with E-state index >= 15 is 0 Å². The molecule has 3 aliphatic heterocycles. The van der Waals surface area contributed by atoms with Crippen molar-refractivity contribution < 1.29 is 97.0 Å². The summed E-state index contributed by atoms with van der Waals surface area (Å²) in [6.45, 7) is -2.91. The third-order valence-corrected chi connectivity index (χ3v) is 6.89. The average molecular weight is 601 g/mol. The average Bonchev–Trinajstić information content (AvgIpc) is 2.87. The smallest absolute Gasteiger partial charge is 0.394 e. The molecule has 0 bridgehead atoms. The van der Waals surface area contributed by atoms with E-state index in [9.17, 15) is 64.6 Å². The molecule has 3 heterocycles. The van der Waals surface area contributed by atoms with Gasteiger partial charge in [0.25, 0.3) is 5.79 Å². The van der Waals surface area contributed by atoms with Crippen molar-refractivity contribution in [2.75, 3.05) is 19.8 Å². The maximum atomic E-state index is 11.3. The first-order valence-corrected chi connectivity index (χ1v) is 12.7. The largest absolute Gasteiger partial charge is 0.400 e. The molecule has 20 nitrogen and oxygen atoms in total. The van der Waals surface area contributed by atoms with Crippen molar-refractivity contribution in [1.29, 1.82) is 0 Å². The normalized spacial score (nSPS) is 49.6. The molecule has 12 N–H and O–H groups in total. The number of aliphatic hydroxyl groups is 11. The Hall–Kier alpha value is -0.770. The van der Waals surface area contributed by atoms with Gasteiger partial charge in [-0.15, -0.1) is 0 Å². The van der Waals surface area contributed by atoms with Crippen LogP contribution >= 0.6 is 0 Å². The third kappa shape index (κ3) is 6.67. The predicted octanol–water partition coefficient (Wildman–Crippen LogP) is -8.43. The summed E-state index contributed by atoms with van der Waals surface area (Å²) in [6.07, 6.45) is -27.9. The summed E-state index contributed by atoms with van der Waals surface area (Å²) < 4.78 is 61.7. The van der Waals surface area contributed by atoms with Crippen molar-refractivity contribution in [1.82, 2.24) is 0 Å². The first-order valence-electron chi connectivity index (χ1n) is 11.4. The molecule has 3 fully saturated rings. The molecule has 39 heavy (non-hydrogen) atoms. The van der Waals surface area contributed by atoms with Gasteiger partial charge in [-0.05, 0) is 0 Å². The van der Waals surface area contributed by atoms with Crippen molar-refractivity contribution in [2.24, 2.45) is 0 Å². The maximum absolute atomic E-state index is 11.3. The fraction of sp³-hybridized carbons (Fsp3) is 1.00. The highest BCUT2D eigenvalue weighted by atomic mass is 32.3. The minimum Gasteiger partial charge on any atom is -0.394 e. The SMILES string of the molecule is O=S(=O)(O)O[C@@]1(O)C(O[C@H]2[C@H](O)[C@@H](O)C(O[C@H]3[C@H](O)[C@@H](O)[C@@H](O)O[C@@H]3CO)O[C@@H]2CO)O[C@H](CO)[C@@H](O)[C@@H]1O. The molecule has 0 amide bonds. The Morgan fingerprint density at radius 2 is 1.18 bits per heavy atom. The van der Waals surface area contributed by atoms with Gasteiger partial charge < -0.3 is 79.9 Å². The Kier molecular flexibility index (Phi) is 10.6. The Morgan fingerprint density at radius 3 is 1.72 bits per heavy atom. The lowest BCUT2D eigenvalue weighted by atomic mass is 9.94. The Balaban J connectivity index is 1.84. The zero-order chi connectivity index (χ0) is 29.4. The quantitative estimate of drug-likeness (QED) is 0.0863. The highest BCUT2D eigenvalue weighted by Crippen LogP contribution is 2.36. The highest BCUT2D eigenvalue weighted by molar-refractivity contribution is 7.80. The van der Waals surface area contributed by atoms with Crippen molar-refractivity contribution in [3.8, 4) is 0 Å². The lowest BCUT2D eigenvalue weighted by Crippen LogP contribution is -2.71. The van der Waals surface area contributed by atoms with E-state index in [1.165, 1.54) is 0 Å². The van der Waals surface area contributed by atoms with Crippen LogP contribution in [0.25, 0.3) is 0 Å². The van der Waals surface area contributed by atoms with Crippen LogP contribution in [-0.4, -0.2) is 181 Å². The highest BCUT2D eigenvalue weighted by Gasteiger charge is 2.61. The molecule has 0 aromatic heterocycles. The second kappa shape index (κ2) is 12.6. The summed E-state index contributed by atoms with van der Waals surface area (Å²) >= 11 is 0. The van der Waals surface area contributed by atoms with Crippen LogP contribution < -0.4 is 0 Å². The minimum atomic E-state index is -5.58. The van der Waals surface area contributed by atoms with E-state index in [0.717, 1.165) is 0 Å². The number of aliphatic hydroxyl groups excluding tert-OH is 10. The lowest BCUT2D eigenvalue weighted by Gasteiger charge is -2.49. The van der Waals surface area contributed by atoms with Crippen molar-refractivity contribution in [3.05, 3.63) is 0 Å². The van der Waals surface area contributed by atoms with Crippen LogP contribution in [0.4, 0.5) is 0 Å². The second-order valence-corrected chi connectivity index (χ2v) is 10.0. The molecule has 0 spiro atoms. The van der Waals surface area contributed by atoms with E-state index in [0.29, 0.717) is 0 Å². The summed E-state index contributed by atoms with van der Waals surface area (Å²) in [6, 6.07) is 0. The number of ether oxygens (including phenoxy) is 5. The van der Waals surface area contributed by atoms with Crippen LogP contribution in [0.15, 0.2) is 0 Å². The molecule has 21 heteroatoms. The molecule has 0 aromatic rings. The van der Waals surface area contributed by atoms with Gasteiger partial charge in [-0.1, -0.05) is 0 Å². The molecule has 230 valence electrons. The van der Waals surface area contributed by atoms with Gasteiger partial charge >= 0.3 is 10.4 Å². The van der Waals surface area contributed by atoms with Crippen LogP contribution in [0.2, 0.25) is 0 Å². The first kappa shape index (κ1) is 32.7. The molecule has 15 atom stereocenters. The van der Waals surface area contributed by atoms with Gasteiger partial charge in [0.2, 0.25) is 6.29 Å². The lowest BCUT2D eigenvalue weighted by molar-refractivity contribution is -0.421. The zero-order valence-electron chi connectivity index (χ0n) is 19.7. The van der Waals surface area contributed by atoms with Crippen LogP contribution in [0, 0.1) is 0 Å². The number of hydrogen-bond donors (Lipinski definition) is 12. The molecule has 0 saturated carbocycles. The molecule has 3 rings (SSSR count). The molecule has 0 aromatic carbocycles. The molecule has 0 aliphatic carbocycles. The van der Waals surface area contributed by atoms with E-state index in [2.05, 4.69) is 4.18 Å². The van der Waals surface area contributed by atoms with Crippen LogP contribution in [0.1, 0.15) is 0 Å². The van der Waals surface area contributed by atoms with Crippen molar-refractivity contribution >= 4 is 10.4 Å². The zero-order valence-corrected chi connectivity index (χ0v) is 20.6. The maximum Gasteiger partial charge on any atom is 0.400 e. The van der Waals surface area contributed by atoms with Gasteiger partial charge in [0.1, 0.15) is 67.1 Å². The van der Waals surface area contributed by atoms with Gasteiger partial charge in [0.05, 0.1) is 19.8 Å². The molecular weight excluding hydrogens is 568 g/mol. The monoisotopic (exact) mass is 600 g/mol. The first-order chi connectivity index (χ1) is 18.1. The Morgan fingerprint density at radius 1 is 0.667 bits per heavy atom. The number of rotatable bonds is 9. The molecule has 2 unspecified atom stereocenters. The van der Waals surface area contributed by atoms with Crippen LogP contribution in [0.3, 0.4) is 0 Å². The van der Waals surface area contributed by atoms with Gasteiger partial charge in [-0.2, -0.15) is 8.42 Å². The van der Waals surface area contributed by atoms with Crippen molar-refractivity contribution in [2.45, 2.75) is 91.8 Å². The van der Waals surface area contributed by atoms with Crippen LogP contribution in [-0.2, 0) is 38.3 Å². The summed E-state index contributed by atoms with van der Waals surface area (Å²) in [5, 5.41) is 111. The summed E-state index contributed by atoms with van der Waals surface area (Å²) in [7, 11) is -5.58. The van der Waals surface area contributed by atoms with Gasteiger partial charge in [0, 0.05) is 0 Å². The Labute approximate surface area is 219 Å². The molecule has 3 saturated heterocycles. The number of hydrogen-bond acceptors (Lipinski definition) is 19. The second-order valence-electron chi connectivity index (χ2n) is 9.02. The predicted molar refractivity (Wildman–Crippen MR) is 113 cm³/mol. The van der Waals surface area contributed by atoms with Gasteiger partial charge in [-0.25, -0.2) is 4.18 Å². The molecular formula is C18H32O20S. The minimum absolute atomic E-state index is 0.850. The summed E-state index contributed by atoms with van der Waals surface area (Å²) in [5.74, 6) is -3.61. The standard InChI is InChI=1S/C18H32O20S/c19-1-4-7(22)14(27)18(29,38-39(30,31)32)17(35-4)37-13-6(3-21)34-16(11(26)9(13)24)36-12-5(2-20)33-15(28)10(25)8(12)23/h4-17,19-29H,1-3H2,(H,30,31,32)/t4-,5-,6-,7-,8-,9-,10-,11-,12-,13-,14+,15+,16?,17?,18-/m1/s1. The Bertz CT molecular complexity index is 903. The third-order valence-electron chi connectivity index (χ3n) is 6.41. The summed E-state index contributed by atoms with van der Waals surface area (Å²) in [4.78, 5) is 0. The van der Waals surface area contributed by atoms with Crippen LogP contribution in [0.5, 0.6) is 0 Å². The summed E-state index contributed by atoms with van der Waals surface area (Å²) in [5.41, 5.74) is 0. The van der Waals surface area contributed by atoms with Gasteiger partial charge in [0.15, 0.2) is 12.6 Å². The van der Waals surface area contributed by atoms with E-state index in [4.69, 9.17) is 28.2 Å². The topological polar surface area (TPSA) is 332 Å². The van der Waals surface area contributed by atoms with E-state index in [1.807, 2.05) is 0 Å². The molecule has 3 aliphatic rings.